The van der Waals surface area contributed by atoms with Gasteiger partial charge in [0.05, 0.1) is 0 Å². The highest BCUT2D eigenvalue weighted by Gasteiger charge is 2.03. The smallest absolute Gasteiger partial charge is 0.303 e. The molecule has 1 aromatic rings. The molecular weight excluding hydrogens is 204 g/mol. The summed E-state index contributed by atoms with van der Waals surface area (Å²) in [5.41, 5.74) is 0.619. The van der Waals surface area contributed by atoms with Crippen LogP contribution in [0.2, 0.25) is 0 Å². The van der Waals surface area contributed by atoms with E-state index in [0.717, 1.165) is 0 Å². The summed E-state index contributed by atoms with van der Waals surface area (Å²) in [6.45, 7) is 3.04. The zero-order valence-electron chi connectivity index (χ0n) is 9.34. The molecule has 3 nitrogen and oxygen atoms in total. The van der Waals surface area contributed by atoms with Crippen molar-refractivity contribution < 1.29 is 14.3 Å². The summed E-state index contributed by atoms with van der Waals surface area (Å²) in [5.74, 6) is -0.455. The number of hydrogen-bond acceptors (Lipinski definition) is 3. The fourth-order valence-corrected chi connectivity index (χ4v) is 1.22. The number of carbonyl (C=O) groups excluding carboxylic acids is 2. The van der Waals surface area contributed by atoms with Gasteiger partial charge in [0.25, 0.3) is 0 Å². The summed E-state index contributed by atoms with van der Waals surface area (Å²) in [5, 5.41) is 0. The third-order valence-corrected chi connectivity index (χ3v) is 1.93. The minimum Gasteiger partial charge on any atom is -0.459 e. The molecule has 1 unspecified atom stereocenters. The fourth-order valence-electron chi connectivity index (χ4n) is 1.22. The third-order valence-electron chi connectivity index (χ3n) is 1.93. The molecule has 1 aromatic carbocycles. The van der Waals surface area contributed by atoms with E-state index in [0.29, 0.717) is 5.56 Å². The van der Waals surface area contributed by atoms with Crippen LogP contribution in [0.15, 0.2) is 42.5 Å². The number of benzene rings is 1. The minimum absolute atomic E-state index is 0.0976. The van der Waals surface area contributed by atoms with Crippen molar-refractivity contribution in [3.63, 3.8) is 0 Å². The van der Waals surface area contributed by atoms with E-state index in [1.54, 1.807) is 37.3 Å². The van der Waals surface area contributed by atoms with Crippen LogP contribution in [0.5, 0.6) is 0 Å². The summed E-state index contributed by atoms with van der Waals surface area (Å²) in [7, 11) is 0. The van der Waals surface area contributed by atoms with Crippen LogP contribution in [0.4, 0.5) is 0 Å². The average Bonchev–Trinajstić information content (AvgIpc) is 2.26. The largest absolute Gasteiger partial charge is 0.459 e. The Morgan fingerprint density at radius 2 is 1.88 bits per heavy atom. The number of esters is 1. The van der Waals surface area contributed by atoms with Gasteiger partial charge in [-0.05, 0) is 19.1 Å². The van der Waals surface area contributed by atoms with Crippen LogP contribution in [0.25, 0.3) is 0 Å². The van der Waals surface area contributed by atoms with Gasteiger partial charge < -0.3 is 4.74 Å². The molecule has 0 bridgehead atoms. The second kappa shape index (κ2) is 5.85. The van der Waals surface area contributed by atoms with Crippen LogP contribution in [0, 0.1) is 0 Å². The topological polar surface area (TPSA) is 43.4 Å². The van der Waals surface area contributed by atoms with E-state index in [1.165, 1.54) is 13.0 Å². The van der Waals surface area contributed by atoms with Crippen LogP contribution in [0.3, 0.4) is 0 Å². The molecule has 0 fully saturated rings. The number of hydrogen-bond donors (Lipinski definition) is 0. The van der Waals surface area contributed by atoms with E-state index in [1.807, 2.05) is 6.07 Å². The van der Waals surface area contributed by atoms with Crippen molar-refractivity contribution >= 4 is 11.8 Å². The number of carbonyl (C=O) groups is 2. The molecule has 3 heteroatoms. The fraction of sp³-hybridized carbons (Fsp3) is 0.231. The summed E-state index contributed by atoms with van der Waals surface area (Å²) >= 11 is 0. The molecule has 0 aliphatic heterocycles. The van der Waals surface area contributed by atoms with Crippen molar-refractivity contribution in [3.05, 3.63) is 48.0 Å². The van der Waals surface area contributed by atoms with Gasteiger partial charge >= 0.3 is 5.97 Å². The lowest BCUT2D eigenvalue weighted by Gasteiger charge is -2.05. The Hall–Kier alpha value is -1.90. The van der Waals surface area contributed by atoms with E-state index < -0.39 is 0 Å². The summed E-state index contributed by atoms with van der Waals surface area (Å²) in [4.78, 5) is 22.2. The Balaban J connectivity index is 2.58. The molecule has 0 heterocycles. The molecule has 1 rings (SSSR count). The Morgan fingerprint density at radius 1 is 1.25 bits per heavy atom. The van der Waals surface area contributed by atoms with Crippen molar-refractivity contribution in [2.24, 2.45) is 0 Å². The maximum atomic E-state index is 11.6. The highest BCUT2D eigenvalue weighted by atomic mass is 16.5. The van der Waals surface area contributed by atoms with Gasteiger partial charge in [-0.15, -0.1) is 0 Å². The van der Waals surface area contributed by atoms with Gasteiger partial charge in [0, 0.05) is 12.5 Å². The van der Waals surface area contributed by atoms with Gasteiger partial charge in [0.1, 0.15) is 6.10 Å². The summed E-state index contributed by atoms with van der Waals surface area (Å²) in [6, 6.07) is 8.93. The Kier molecular flexibility index (Phi) is 4.45. The minimum atomic E-state index is -0.384. The molecule has 0 aliphatic carbocycles. The maximum Gasteiger partial charge on any atom is 0.303 e. The van der Waals surface area contributed by atoms with Gasteiger partial charge in [-0.1, -0.05) is 30.3 Å². The van der Waals surface area contributed by atoms with E-state index in [2.05, 4.69) is 0 Å². The van der Waals surface area contributed by atoms with Gasteiger partial charge in [-0.3, -0.25) is 9.59 Å². The van der Waals surface area contributed by atoms with Crippen molar-refractivity contribution in [1.29, 1.82) is 0 Å². The number of rotatable bonds is 4. The highest BCUT2D eigenvalue weighted by molar-refractivity contribution is 6.04. The molecule has 16 heavy (non-hydrogen) atoms. The Morgan fingerprint density at radius 3 is 2.44 bits per heavy atom. The first-order valence-electron chi connectivity index (χ1n) is 5.04. The molecule has 0 aromatic heterocycles. The van der Waals surface area contributed by atoms with E-state index in [9.17, 15) is 9.59 Å². The second-order valence-corrected chi connectivity index (χ2v) is 3.40. The molecular formula is C13H14O3. The second-order valence-electron chi connectivity index (χ2n) is 3.40. The van der Waals surface area contributed by atoms with Crippen molar-refractivity contribution in [1.82, 2.24) is 0 Å². The first-order valence-corrected chi connectivity index (χ1v) is 5.04. The van der Waals surface area contributed by atoms with Crippen molar-refractivity contribution in [3.8, 4) is 0 Å². The molecule has 84 valence electrons. The lowest BCUT2D eigenvalue weighted by atomic mass is 10.1. The van der Waals surface area contributed by atoms with Gasteiger partial charge in [0.2, 0.25) is 0 Å². The van der Waals surface area contributed by atoms with Crippen LogP contribution < -0.4 is 0 Å². The molecule has 0 amide bonds. The lowest BCUT2D eigenvalue weighted by molar-refractivity contribution is -0.143. The molecule has 0 spiro atoms. The first kappa shape index (κ1) is 12.2. The monoisotopic (exact) mass is 218 g/mol. The Labute approximate surface area is 94.7 Å². The highest BCUT2D eigenvalue weighted by Crippen LogP contribution is 2.02. The first-order chi connectivity index (χ1) is 7.59. The SMILES string of the molecule is CC(=O)OC(C)/C=C/C(=O)c1ccccc1. The lowest BCUT2D eigenvalue weighted by Crippen LogP contribution is -2.09. The normalized spacial score (nSPS) is 12.4. The van der Waals surface area contributed by atoms with E-state index in [4.69, 9.17) is 4.74 Å². The van der Waals surface area contributed by atoms with Gasteiger partial charge in [-0.2, -0.15) is 0 Å². The predicted octanol–water partition coefficient (Wildman–Crippen LogP) is 2.38. The number of ether oxygens (including phenoxy) is 1. The maximum absolute atomic E-state index is 11.6. The predicted molar refractivity (Wildman–Crippen MR) is 61.1 cm³/mol. The van der Waals surface area contributed by atoms with Crippen LogP contribution in [-0.4, -0.2) is 17.9 Å². The number of allylic oxidation sites excluding steroid dienone is 1. The molecule has 0 N–H and O–H groups in total. The molecule has 0 radical (unpaired) electrons. The average molecular weight is 218 g/mol. The van der Waals surface area contributed by atoms with Crippen LogP contribution in [0.1, 0.15) is 24.2 Å². The Bertz CT molecular complexity index is 393. The quantitative estimate of drug-likeness (QED) is 0.442. The van der Waals surface area contributed by atoms with Gasteiger partial charge in [0.15, 0.2) is 5.78 Å². The summed E-state index contributed by atoms with van der Waals surface area (Å²) in [6.07, 6.45) is 2.60. The molecule has 0 saturated carbocycles. The van der Waals surface area contributed by atoms with Crippen LogP contribution in [-0.2, 0) is 9.53 Å². The molecule has 0 aliphatic rings. The van der Waals surface area contributed by atoms with Crippen molar-refractivity contribution in [2.45, 2.75) is 20.0 Å². The zero-order valence-corrected chi connectivity index (χ0v) is 9.34. The summed E-state index contributed by atoms with van der Waals surface area (Å²) < 4.78 is 4.86. The molecule has 0 saturated heterocycles. The zero-order chi connectivity index (χ0) is 12.0. The molecule has 1 atom stereocenters. The van der Waals surface area contributed by atoms with Gasteiger partial charge in [-0.25, -0.2) is 0 Å². The van der Waals surface area contributed by atoms with Crippen molar-refractivity contribution in [2.75, 3.05) is 0 Å². The standard InChI is InChI=1S/C13H14O3/c1-10(16-11(2)14)8-9-13(15)12-6-4-3-5-7-12/h3-10H,1-2H3/b9-8+. The van der Waals surface area contributed by atoms with E-state index >= 15 is 0 Å². The third kappa shape index (κ3) is 4.09. The number of ketones is 1. The van der Waals surface area contributed by atoms with E-state index in [-0.39, 0.29) is 17.9 Å². The van der Waals surface area contributed by atoms with Crippen LogP contribution >= 0.6 is 0 Å².